The molecule has 156 valence electrons. The molecular weight excluding hydrogens is 396 g/mol. The Labute approximate surface area is 180 Å². The number of H-pyrrole nitrogens is 2. The average molecular weight is 423 g/mol. The molecule has 0 radical (unpaired) electrons. The maximum absolute atomic E-state index is 6.59. The van der Waals surface area contributed by atoms with Crippen molar-refractivity contribution in [1.82, 2.24) is 20.2 Å². The molecule has 2 aromatic heterocycles. The molecular formula is C24H27ClN4O. The van der Waals surface area contributed by atoms with Crippen molar-refractivity contribution in [3.8, 4) is 6.01 Å². The fraction of sp³-hybridized carbons (Fsp3) is 0.333. The first-order valence-electron chi connectivity index (χ1n) is 10.3. The summed E-state index contributed by atoms with van der Waals surface area (Å²) in [5.74, 6) is 1.05. The maximum Gasteiger partial charge on any atom is 0.300 e. The van der Waals surface area contributed by atoms with E-state index < -0.39 is 0 Å². The normalized spacial score (nSPS) is 22.4. The van der Waals surface area contributed by atoms with E-state index in [0.29, 0.717) is 6.01 Å². The maximum atomic E-state index is 6.59. The summed E-state index contributed by atoms with van der Waals surface area (Å²) < 4.78 is 5.96. The van der Waals surface area contributed by atoms with Crippen molar-refractivity contribution in [1.29, 1.82) is 0 Å². The van der Waals surface area contributed by atoms with Crippen LogP contribution in [0.15, 0.2) is 35.6 Å². The van der Waals surface area contributed by atoms with Gasteiger partial charge in [0.1, 0.15) is 5.76 Å². The number of rotatable bonds is 4. The van der Waals surface area contributed by atoms with Gasteiger partial charge in [0.25, 0.3) is 6.01 Å². The van der Waals surface area contributed by atoms with Crippen LogP contribution in [0.5, 0.6) is 6.01 Å². The largest absolute Gasteiger partial charge is 0.426 e. The van der Waals surface area contributed by atoms with Crippen molar-refractivity contribution in [2.75, 3.05) is 0 Å². The first kappa shape index (κ1) is 20.5. The van der Waals surface area contributed by atoms with E-state index in [1.54, 1.807) is 0 Å². The highest BCUT2D eigenvalue weighted by molar-refractivity contribution is 6.23. The molecule has 6 heteroatoms. The minimum absolute atomic E-state index is 0.0830. The van der Waals surface area contributed by atoms with Crippen molar-refractivity contribution in [3.05, 3.63) is 62.6 Å². The number of aromatic amines is 2. The molecule has 2 aliphatic rings. The zero-order valence-electron chi connectivity index (χ0n) is 17.6. The van der Waals surface area contributed by atoms with Crippen LogP contribution in [0, 0.1) is 12.8 Å². The lowest BCUT2D eigenvalue weighted by atomic mass is 9.99. The second-order valence-electron chi connectivity index (χ2n) is 7.84. The highest BCUT2D eigenvalue weighted by Crippen LogP contribution is 2.20. The fourth-order valence-corrected chi connectivity index (χ4v) is 4.16. The van der Waals surface area contributed by atoms with Crippen molar-refractivity contribution in [2.24, 2.45) is 5.92 Å². The highest BCUT2D eigenvalue weighted by Gasteiger charge is 2.15. The van der Waals surface area contributed by atoms with E-state index in [1.807, 2.05) is 32.1 Å². The minimum Gasteiger partial charge on any atom is -0.426 e. The topological polar surface area (TPSA) is 66.6 Å². The van der Waals surface area contributed by atoms with Gasteiger partial charge in [0, 0.05) is 5.22 Å². The van der Waals surface area contributed by atoms with Gasteiger partial charge in [-0.25, -0.2) is 0 Å². The first-order valence-corrected chi connectivity index (χ1v) is 10.8. The van der Waals surface area contributed by atoms with Crippen LogP contribution in [0.4, 0.5) is 0 Å². The Morgan fingerprint density at radius 3 is 2.97 bits per heavy atom. The second-order valence-corrected chi connectivity index (χ2v) is 8.40. The Morgan fingerprint density at radius 2 is 2.13 bits per heavy atom. The molecule has 30 heavy (non-hydrogen) atoms. The van der Waals surface area contributed by atoms with Gasteiger partial charge >= 0.3 is 0 Å². The Balaban J connectivity index is 1.61. The Kier molecular flexibility index (Phi) is 6.09. The molecule has 2 N–H and O–H groups in total. The molecule has 4 rings (SSSR count). The number of halogens is 1. The fourth-order valence-electron chi connectivity index (χ4n) is 3.81. The number of alkyl halides is 1. The minimum atomic E-state index is -0.0830. The molecule has 5 nitrogen and oxygen atoms in total. The number of hydrogen-bond acceptors (Lipinski definition) is 3. The van der Waals surface area contributed by atoms with E-state index in [-0.39, 0.29) is 11.3 Å². The van der Waals surface area contributed by atoms with E-state index in [2.05, 4.69) is 57.5 Å². The molecule has 0 bridgehead atoms. The van der Waals surface area contributed by atoms with E-state index in [9.17, 15) is 0 Å². The molecule has 0 fully saturated rings. The SMILES string of the molecule is C/C=c1/c(C)n[nH]/c1=C/CC1C=c2[nH]c(OC3=CC=C(C)CC=C3)nc2=CC(Cl)C1. The van der Waals surface area contributed by atoms with Gasteiger partial charge in [-0.2, -0.15) is 10.1 Å². The third-order valence-corrected chi connectivity index (χ3v) is 5.72. The van der Waals surface area contributed by atoms with Gasteiger partial charge in [-0.1, -0.05) is 36.0 Å². The number of aryl methyl sites for hydroxylation is 1. The smallest absolute Gasteiger partial charge is 0.300 e. The van der Waals surface area contributed by atoms with Gasteiger partial charge in [0.2, 0.25) is 0 Å². The number of allylic oxidation sites excluding steroid dienone is 5. The lowest BCUT2D eigenvalue weighted by molar-refractivity contribution is 0.411. The van der Waals surface area contributed by atoms with Gasteiger partial charge in [-0.3, -0.25) is 5.10 Å². The summed E-state index contributed by atoms with van der Waals surface area (Å²) >= 11 is 6.59. The van der Waals surface area contributed by atoms with Gasteiger partial charge in [-0.15, -0.1) is 11.6 Å². The Morgan fingerprint density at radius 1 is 1.27 bits per heavy atom. The summed E-state index contributed by atoms with van der Waals surface area (Å²) in [5.41, 5.74) is 2.31. The number of fused-ring (bicyclic) bond motifs is 1. The lowest BCUT2D eigenvalue weighted by Crippen LogP contribution is -2.25. The van der Waals surface area contributed by atoms with Gasteiger partial charge < -0.3 is 9.72 Å². The summed E-state index contributed by atoms with van der Waals surface area (Å²) in [6, 6.07) is 0.483. The van der Waals surface area contributed by atoms with E-state index in [1.165, 1.54) is 5.57 Å². The number of nitrogens with zero attached hydrogens (tertiary/aromatic N) is 2. The molecule has 0 saturated carbocycles. The predicted octanol–water partition coefficient (Wildman–Crippen LogP) is 2.47. The predicted molar refractivity (Wildman–Crippen MR) is 123 cm³/mol. The van der Waals surface area contributed by atoms with Crippen LogP contribution in [0.1, 0.15) is 38.8 Å². The third-order valence-electron chi connectivity index (χ3n) is 5.41. The number of aromatic nitrogens is 4. The van der Waals surface area contributed by atoms with Crippen LogP contribution < -0.4 is 26.0 Å². The molecule has 2 aromatic rings. The van der Waals surface area contributed by atoms with Crippen molar-refractivity contribution >= 4 is 35.9 Å². The molecule has 0 aliphatic heterocycles. The molecule has 0 aromatic carbocycles. The second kappa shape index (κ2) is 8.92. The number of imidazole rings is 1. The zero-order chi connectivity index (χ0) is 21.1. The molecule has 2 aliphatic carbocycles. The average Bonchev–Trinajstić information content (AvgIpc) is 3.12. The van der Waals surface area contributed by atoms with Gasteiger partial charge in [0.05, 0.1) is 27.1 Å². The quantitative estimate of drug-likeness (QED) is 0.744. The summed E-state index contributed by atoms with van der Waals surface area (Å²) in [6.45, 7) is 6.15. The molecule has 0 saturated heterocycles. The standard InChI is InChI=1S/C24H27ClN4O/c1-4-20-16(3)28-29-21(20)11-9-17-12-18(25)14-23-22(13-17)26-24(27-23)30-19-7-5-6-15(2)8-10-19/h4-5,7-8,10-11,13-14,17-18,29H,6,9,12H2,1-3H3,(H,26,27)/b20-4-,21-11+. The molecule has 2 atom stereocenters. The molecule has 0 spiro atoms. The van der Waals surface area contributed by atoms with Crippen LogP contribution >= 0.6 is 11.6 Å². The zero-order valence-corrected chi connectivity index (χ0v) is 18.3. The summed E-state index contributed by atoms with van der Waals surface area (Å²) in [4.78, 5) is 7.93. The summed E-state index contributed by atoms with van der Waals surface area (Å²) in [6.07, 6.45) is 19.3. The molecule has 2 unspecified atom stereocenters. The van der Waals surface area contributed by atoms with Crippen LogP contribution in [-0.2, 0) is 0 Å². The number of ether oxygens (including phenoxy) is 1. The third kappa shape index (κ3) is 4.68. The highest BCUT2D eigenvalue weighted by atomic mass is 35.5. The Bertz CT molecular complexity index is 1260. The molecule has 0 amide bonds. The lowest BCUT2D eigenvalue weighted by Gasteiger charge is -2.10. The van der Waals surface area contributed by atoms with Gasteiger partial charge in [-0.05, 0) is 64.2 Å². The summed E-state index contributed by atoms with van der Waals surface area (Å²) in [5, 5.41) is 11.4. The van der Waals surface area contributed by atoms with Crippen molar-refractivity contribution < 1.29 is 4.74 Å². The number of nitrogens with one attached hydrogen (secondary N) is 2. The van der Waals surface area contributed by atoms with E-state index >= 15 is 0 Å². The van der Waals surface area contributed by atoms with E-state index in [0.717, 1.165) is 52.0 Å². The van der Waals surface area contributed by atoms with Gasteiger partial charge in [0.15, 0.2) is 0 Å². The summed E-state index contributed by atoms with van der Waals surface area (Å²) in [7, 11) is 0. The van der Waals surface area contributed by atoms with Crippen LogP contribution in [-0.4, -0.2) is 25.5 Å². The monoisotopic (exact) mass is 422 g/mol. The van der Waals surface area contributed by atoms with Crippen LogP contribution in [0.25, 0.3) is 24.3 Å². The molecule has 2 heterocycles. The van der Waals surface area contributed by atoms with Crippen molar-refractivity contribution in [2.45, 2.75) is 45.4 Å². The first-order chi connectivity index (χ1) is 14.5. The Hall–Kier alpha value is -2.79. The van der Waals surface area contributed by atoms with Crippen LogP contribution in [0.2, 0.25) is 0 Å². The van der Waals surface area contributed by atoms with E-state index in [4.69, 9.17) is 16.3 Å². The van der Waals surface area contributed by atoms with Crippen molar-refractivity contribution in [3.63, 3.8) is 0 Å². The van der Waals surface area contributed by atoms with Crippen LogP contribution in [0.3, 0.4) is 0 Å². The number of hydrogen-bond donors (Lipinski definition) is 2.